The van der Waals surface area contributed by atoms with Crippen molar-refractivity contribution in [2.75, 3.05) is 6.54 Å². The molecule has 1 fully saturated rings. The monoisotopic (exact) mass is 382 g/mol. The number of likely N-dealkylation sites (tertiary alicyclic amines) is 1. The van der Waals surface area contributed by atoms with E-state index in [2.05, 4.69) is 0 Å². The van der Waals surface area contributed by atoms with Crippen LogP contribution in [-0.2, 0) is 14.4 Å². The third-order valence-electron chi connectivity index (χ3n) is 4.31. The first-order valence-corrected chi connectivity index (χ1v) is 8.11. The number of hydrogen-bond acceptors (Lipinski definition) is 6. The topological polar surface area (TPSA) is 138 Å². The van der Waals surface area contributed by atoms with Crippen LogP contribution < -0.4 is 0 Å². The number of ketones is 1. The summed E-state index contributed by atoms with van der Waals surface area (Å²) in [5.74, 6) is -3.88. The smallest absolute Gasteiger partial charge is 0.323 e. The van der Waals surface area contributed by atoms with E-state index < -0.39 is 40.9 Å². The highest BCUT2D eigenvalue weighted by Crippen LogP contribution is 2.39. The number of nitro benzene ring substituents is 1. The van der Waals surface area contributed by atoms with Gasteiger partial charge in [-0.1, -0.05) is 30.3 Å². The summed E-state index contributed by atoms with van der Waals surface area (Å²) in [6, 6.07) is 11.8. The summed E-state index contributed by atoms with van der Waals surface area (Å²) in [5.41, 5.74) is 0.0690. The molecule has 2 aromatic carbocycles. The Kier molecular flexibility index (Phi) is 4.90. The van der Waals surface area contributed by atoms with Gasteiger partial charge in [-0.3, -0.25) is 24.5 Å². The zero-order valence-electron chi connectivity index (χ0n) is 14.3. The van der Waals surface area contributed by atoms with Crippen molar-refractivity contribution < 1.29 is 29.5 Å². The van der Waals surface area contributed by atoms with Gasteiger partial charge in [-0.2, -0.15) is 0 Å². The van der Waals surface area contributed by atoms with Crippen molar-refractivity contribution in [3.8, 4) is 0 Å². The van der Waals surface area contributed by atoms with Gasteiger partial charge in [0.1, 0.15) is 12.3 Å². The average molecular weight is 382 g/mol. The van der Waals surface area contributed by atoms with Crippen LogP contribution in [0.1, 0.15) is 17.2 Å². The van der Waals surface area contributed by atoms with Crippen LogP contribution >= 0.6 is 0 Å². The molecule has 1 amide bonds. The molecule has 3 rings (SSSR count). The molecule has 9 nitrogen and oxygen atoms in total. The lowest BCUT2D eigenvalue weighted by atomic mass is 9.95. The quantitative estimate of drug-likeness (QED) is 0.265. The predicted molar refractivity (Wildman–Crippen MR) is 96.2 cm³/mol. The van der Waals surface area contributed by atoms with E-state index in [1.807, 2.05) is 0 Å². The van der Waals surface area contributed by atoms with Crippen molar-refractivity contribution in [1.29, 1.82) is 0 Å². The number of aliphatic carboxylic acids is 1. The Hall–Kier alpha value is -4.01. The Balaban J connectivity index is 2.18. The lowest BCUT2D eigenvalue weighted by molar-refractivity contribution is -0.384. The average Bonchev–Trinajstić information content (AvgIpc) is 2.92. The standard InChI is InChI=1S/C19H14N2O7/c22-14(23)10-20-16(11-6-8-13(9-7-11)21(27)28)15(18(25)19(20)26)17(24)12-4-2-1-3-5-12/h1-9,16,24H,10H2,(H,22,23)/b17-15+/t16-/m0/s1. The summed E-state index contributed by atoms with van der Waals surface area (Å²) in [4.78, 5) is 47.2. The van der Waals surface area contributed by atoms with Crippen LogP contribution in [-0.4, -0.2) is 44.2 Å². The Morgan fingerprint density at radius 1 is 1.04 bits per heavy atom. The van der Waals surface area contributed by atoms with Crippen molar-refractivity contribution in [2.24, 2.45) is 0 Å². The van der Waals surface area contributed by atoms with Gasteiger partial charge in [0.15, 0.2) is 0 Å². The third-order valence-corrected chi connectivity index (χ3v) is 4.31. The molecule has 0 saturated carbocycles. The van der Waals surface area contributed by atoms with Crippen molar-refractivity contribution >= 4 is 29.1 Å². The van der Waals surface area contributed by atoms with Gasteiger partial charge in [-0.25, -0.2) is 0 Å². The van der Waals surface area contributed by atoms with Crippen molar-refractivity contribution in [2.45, 2.75) is 6.04 Å². The van der Waals surface area contributed by atoms with Gasteiger partial charge in [-0.15, -0.1) is 0 Å². The second-order valence-electron chi connectivity index (χ2n) is 6.04. The fourth-order valence-corrected chi connectivity index (χ4v) is 3.07. The number of carboxylic acids is 1. The largest absolute Gasteiger partial charge is 0.507 e. The zero-order chi connectivity index (χ0) is 20.4. The van der Waals surface area contributed by atoms with Gasteiger partial charge < -0.3 is 15.1 Å². The highest BCUT2D eigenvalue weighted by atomic mass is 16.6. The van der Waals surface area contributed by atoms with Crippen molar-refractivity contribution in [1.82, 2.24) is 4.90 Å². The number of carboxylic acid groups (broad SMARTS) is 1. The number of non-ortho nitro benzene ring substituents is 1. The second kappa shape index (κ2) is 7.31. The maximum absolute atomic E-state index is 12.6. The minimum atomic E-state index is -1.34. The number of carbonyl (C=O) groups is 3. The van der Waals surface area contributed by atoms with Crippen LogP contribution in [0.2, 0.25) is 0 Å². The fourth-order valence-electron chi connectivity index (χ4n) is 3.07. The normalized spacial score (nSPS) is 18.3. The van der Waals surface area contributed by atoms with Gasteiger partial charge >= 0.3 is 5.97 Å². The number of nitro groups is 1. The van der Waals surface area contributed by atoms with E-state index in [0.29, 0.717) is 0 Å². The van der Waals surface area contributed by atoms with Crippen molar-refractivity contribution in [3.05, 3.63) is 81.4 Å². The number of benzene rings is 2. The van der Waals surface area contributed by atoms with Crippen LogP contribution in [0, 0.1) is 10.1 Å². The molecule has 0 aliphatic carbocycles. The molecule has 0 spiro atoms. The minimum absolute atomic E-state index is 0.206. The van der Waals surface area contributed by atoms with E-state index in [4.69, 9.17) is 5.11 Å². The summed E-state index contributed by atoms with van der Waals surface area (Å²) in [5, 5.41) is 30.7. The summed E-state index contributed by atoms with van der Waals surface area (Å²) >= 11 is 0. The maximum Gasteiger partial charge on any atom is 0.323 e. The van der Waals surface area contributed by atoms with Crippen LogP contribution in [0.5, 0.6) is 0 Å². The van der Waals surface area contributed by atoms with Crippen LogP contribution in [0.4, 0.5) is 5.69 Å². The molecule has 28 heavy (non-hydrogen) atoms. The predicted octanol–water partition coefficient (Wildman–Crippen LogP) is 2.10. The number of amides is 1. The molecular formula is C19H14N2O7. The molecule has 0 bridgehead atoms. The van der Waals surface area contributed by atoms with Crippen LogP contribution in [0.25, 0.3) is 5.76 Å². The number of nitrogens with zero attached hydrogens (tertiary/aromatic N) is 2. The van der Waals surface area contributed by atoms with E-state index in [1.54, 1.807) is 18.2 Å². The summed E-state index contributed by atoms with van der Waals surface area (Å²) in [6.07, 6.45) is 0. The molecule has 0 aromatic heterocycles. The molecule has 9 heteroatoms. The lowest BCUT2D eigenvalue weighted by Gasteiger charge is -2.23. The van der Waals surface area contributed by atoms with E-state index in [9.17, 15) is 29.6 Å². The van der Waals surface area contributed by atoms with Gasteiger partial charge in [0.05, 0.1) is 16.5 Å². The first kappa shape index (κ1) is 18.8. The van der Waals surface area contributed by atoms with E-state index in [1.165, 1.54) is 36.4 Å². The summed E-state index contributed by atoms with van der Waals surface area (Å²) < 4.78 is 0. The molecule has 2 N–H and O–H groups in total. The summed E-state index contributed by atoms with van der Waals surface area (Å²) in [7, 11) is 0. The molecule has 1 aliphatic rings. The molecule has 1 aliphatic heterocycles. The SMILES string of the molecule is O=C(O)CN1C(=O)C(=O)/C(=C(/O)c2ccccc2)[C@@H]1c1ccc([N+](=O)[O-])cc1. The molecule has 2 aromatic rings. The molecule has 0 unspecified atom stereocenters. The molecule has 1 saturated heterocycles. The highest BCUT2D eigenvalue weighted by molar-refractivity contribution is 6.46. The van der Waals surface area contributed by atoms with Gasteiger partial charge in [-0.05, 0) is 17.7 Å². The Morgan fingerprint density at radius 2 is 1.64 bits per heavy atom. The highest BCUT2D eigenvalue weighted by Gasteiger charge is 2.46. The zero-order valence-corrected chi connectivity index (χ0v) is 14.3. The van der Waals surface area contributed by atoms with Crippen LogP contribution in [0.3, 0.4) is 0 Å². The number of aliphatic hydroxyl groups excluding tert-OH is 1. The Bertz CT molecular complexity index is 997. The molecule has 142 valence electrons. The first-order chi connectivity index (χ1) is 13.3. The molecule has 0 radical (unpaired) electrons. The van der Waals surface area contributed by atoms with Crippen LogP contribution in [0.15, 0.2) is 60.2 Å². The third kappa shape index (κ3) is 3.32. The number of Topliss-reactive ketones (excluding diaryl/α,β-unsaturated/α-hetero) is 1. The van der Waals surface area contributed by atoms with Gasteiger partial charge in [0.25, 0.3) is 17.4 Å². The second-order valence-corrected chi connectivity index (χ2v) is 6.04. The number of carbonyl (C=O) groups excluding carboxylic acids is 2. The number of rotatable bonds is 5. The number of aliphatic hydroxyl groups is 1. The van der Waals surface area contributed by atoms with Gasteiger partial charge in [0, 0.05) is 17.7 Å². The van der Waals surface area contributed by atoms with E-state index in [-0.39, 0.29) is 22.4 Å². The first-order valence-electron chi connectivity index (χ1n) is 8.11. The fraction of sp³-hybridized carbons (Fsp3) is 0.105. The number of hydrogen-bond donors (Lipinski definition) is 2. The molecule has 1 heterocycles. The van der Waals surface area contributed by atoms with Gasteiger partial charge in [0.2, 0.25) is 0 Å². The van der Waals surface area contributed by atoms with Crippen molar-refractivity contribution in [3.63, 3.8) is 0 Å². The lowest BCUT2D eigenvalue weighted by Crippen LogP contribution is -2.34. The maximum atomic E-state index is 12.6. The molecule has 1 atom stereocenters. The Morgan fingerprint density at radius 3 is 2.18 bits per heavy atom. The van der Waals surface area contributed by atoms with E-state index >= 15 is 0 Å². The van der Waals surface area contributed by atoms with E-state index in [0.717, 1.165) is 4.90 Å². The molecular weight excluding hydrogens is 368 g/mol. The summed E-state index contributed by atoms with van der Waals surface area (Å²) in [6.45, 7) is -0.766. The Labute approximate surface area is 158 Å². The minimum Gasteiger partial charge on any atom is -0.507 e.